The average molecular weight is 520 g/mol. The molecule has 1 saturated heterocycles. The molecule has 182 valence electrons. The van der Waals surface area contributed by atoms with Crippen LogP contribution >= 0.6 is 23.4 Å². The molecule has 0 bridgehead atoms. The SMILES string of the molecule is N#Cc1cc(F)c(S[C@H]2OC(CO)[C@H](O)C(N/C=C(\N)c3cc(F)c(F)c(F)c3)C2O)cc1Cl. The molecule has 2 aromatic carbocycles. The molecule has 0 aliphatic carbocycles. The van der Waals surface area contributed by atoms with Crippen molar-refractivity contribution in [1.29, 1.82) is 5.26 Å². The number of nitrogens with two attached hydrogens (primary N) is 1. The smallest absolute Gasteiger partial charge is 0.194 e. The molecule has 5 atom stereocenters. The van der Waals surface area contributed by atoms with E-state index in [2.05, 4.69) is 5.32 Å². The number of nitrogens with zero attached hydrogens (tertiary/aromatic N) is 1. The molecular weight excluding hydrogens is 502 g/mol. The van der Waals surface area contributed by atoms with Gasteiger partial charge in [0, 0.05) is 16.7 Å². The number of nitriles is 1. The summed E-state index contributed by atoms with van der Waals surface area (Å²) in [5.41, 5.74) is 4.01. The van der Waals surface area contributed by atoms with E-state index in [0.29, 0.717) is 23.9 Å². The minimum Gasteiger partial charge on any atom is -0.397 e. The van der Waals surface area contributed by atoms with Crippen LogP contribution in [0.1, 0.15) is 11.1 Å². The number of hydrogen-bond donors (Lipinski definition) is 5. The number of hydrogen-bond acceptors (Lipinski definition) is 8. The van der Waals surface area contributed by atoms with Crippen molar-refractivity contribution in [1.82, 2.24) is 5.32 Å². The molecule has 3 unspecified atom stereocenters. The minimum absolute atomic E-state index is 0.0282. The van der Waals surface area contributed by atoms with Crippen molar-refractivity contribution in [2.45, 2.75) is 34.7 Å². The van der Waals surface area contributed by atoms with E-state index in [-0.39, 0.29) is 26.7 Å². The first kappa shape index (κ1) is 26.1. The normalized spacial score (nSPS) is 25.1. The molecule has 2 aromatic rings. The molecule has 0 aromatic heterocycles. The Morgan fingerprint density at radius 1 is 1.15 bits per heavy atom. The van der Waals surface area contributed by atoms with Crippen LogP contribution in [0.4, 0.5) is 17.6 Å². The van der Waals surface area contributed by atoms with E-state index >= 15 is 0 Å². The van der Waals surface area contributed by atoms with Crippen molar-refractivity contribution in [3.8, 4) is 6.07 Å². The van der Waals surface area contributed by atoms with Gasteiger partial charge in [0.05, 0.1) is 28.9 Å². The predicted molar refractivity (Wildman–Crippen MR) is 115 cm³/mol. The van der Waals surface area contributed by atoms with E-state index in [1.165, 1.54) is 6.07 Å². The zero-order chi connectivity index (χ0) is 25.2. The van der Waals surface area contributed by atoms with Crippen molar-refractivity contribution in [3.05, 3.63) is 69.9 Å². The Bertz CT molecular complexity index is 1130. The third kappa shape index (κ3) is 5.41. The van der Waals surface area contributed by atoms with Crippen molar-refractivity contribution < 1.29 is 37.6 Å². The molecule has 1 heterocycles. The van der Waals surface area contributed by atoms with Crippen molar-refractivity contribution in [2.75, 3.05) is 6.61 Å². The Kier molecular flexibility index (Phi) is 8.29. The molecule has 0 spiro atoms. The van der Waals surface area contributed by atoms with Gasteiger partial charge in [0.2, 0.25) is 0 Å². The van der Waals surface area contributed by atoms with Crippen LogP contribution in [0.2, 0.25) is 5.02 Å². The number of thioether (sulfide) groups is 1. The summed E-state index contributed by atoms with van der Waals surface area (Å²) in [7, 11) is 0. The minimum atomic E-state index is -1.67. The third-order valence-electron chi connectivity index (χ3n) is 5.02. The van der Waals surface area contributed by atoms with E-state index in [4.69, 9.17) is 27.3 Å². The number of rotatable bonds is 6. The van der Waals surface area contributed by atoms with Crippen LogP contribution < -0.4 is 11.1 Å². The molecule has 7 nitrogen and oxygen atoms in total. The fourth-order valence-corrected chi connectivity index (χ4v) is 4.59. The maximum absolute atomic E-state index is 14.4. The molecular formula is C21H18ClF4N3O4S. The van der Waals surface area contributed by atoms with Crippen LogP contribution in [0.25, 0.3) is 5.70 Å². The maximum Gasteiger partial charge on any atom is 0.194 e. The van der Waals surface area contributed by atoms with Gasteiger partial charge in [-0.05, 0) is 24.3 Å². The summed E-state index contributed by atoms with van der Waals surface area (Å²) in [5, 5.41) is 42.3. The molecule has 0 saturated carbocycles. The van der Waals surface area contributed by atoms with Gasteiger partial charge < -0.3 is 31.1 Å². The van der Waals surface area contributed by atoms with Gasteiger partial charge in [0.15, 0.2) is 17.5 Å². The van der Waals surface area contributed by atoms with Crippen molar-refractivity contribution >= 4 is 29.1 Å². The lowest BCUT2D eigenvalue weighted by molar-refractivity contribution is -0.164. The summed E-state index contributed by atoms with van der Waals surface area (Å²) in [6.45, 7) is -0.659. The summed E-state index contributed by atoms with van der Waals surface area (Å²) >= 11 is 6.64. The average Bonchev–Trinajstić information content (AvgIpc) is 2.80. The zero-order valence-corrected chi connectivity index (χ0v) is 18.6. The molecule has 34 heavy (non-hydrogen) atoms. The molecule has 1 fully saturated rings. The van der Waals surface area contributed by atoms with Crippen LogP contribution in [-0.2, 0) is 4.74 Å². The van der Waals surface area contributed by atoms with Gasteiger partial charge in [0.1, 0.15) is 35.6 Å². The highest BCUT2D eigenvalue weighted by Gasteiger charge is 2.44. The summed E-state index contributed by atoms with van der Waals surface area (Å²) < 4.78 is 60.0. The second-order valence-corrected chi connectivity index (χ2v) is 8.79. The fraction of sp³-hybridized carbons (Fsp3) is 0.286. The van der Waals surface area contributed by atoms with Gasteiger partial charge in [-0.2, -0.15) is 5.26 Å². The Labute approximate surface area is 200 Å². The summed E-state index contributed by atoms with van der Waals surface area (Å²) in [4.78, 5) is -0.0628. The lowest BCUT2D eigenvalue weighted by Crippen LogP contribution is -2.62. The van der Waals surface area contributed by atoms with Gasteiger partial charge in [-0.1, -0.05) is 23.4 Å². The number of benzene rings is 2. The lowest BCUT2D eigenvalue weighted by Gasteiger charge is -2.42. The Balaban J connectivity index is 1.84. The Morgan fingerprint density at radius 3 is 2.38 bits per heavy atom. The monoisotopic (exact) mass is 519 g/mol. The van der Waals surface area contributed by atoms with Crippen LogP contribution in [0.3, 0.4) is 0 Å². The first-order chi connectivity index (χ1) is 16.1. The van der Waals surface area contributed by atoms with Crippen LogP contribution in [-0.4, -0.2) is 51.7 Å². The number of aliphatic hydroxyl groups is 3. The maximum atomic E-state index is 14.4. The zero-order valence-electron chi connectivity index (χ0n) is 17.1. The Hall–Kier alpha value is -2.53. The quantitative estimate of drug-likeness (QED) is 0.290. The first-order valence-corrected chi connectivity index (χ1v) is 10.9. The molecule has 1 aliphatic rings. The largest absolute Gasteiger partial charge is 0.397 e. The summed E-state index contributed by atoms with van der Waals surface area (Å²) in [6.07, 6.45) is -3.16. The van der Waals surface area contributed by atoms with E-state index in [9.17, 15) is 32.9 Å². The molecule has 1 aliphatic heterocycles. The van der Waals surface area contributed by atoms with Gasteiger partial charge >= 0.3 is 0 Å². The number of aliphatic hydroxyl groups excluding tert-OH is 3. The topological polar surface area (TPSA) is 132 Å². The third-order valence-corrected chi connectivity index (χ3v) is 6.52. The highest BCUT2D eigenvalue weighted by atomic mass is 35.5. The highest BCUT2D eigenvalue weighted by Crippen LogP contribution is 2.36. The molecule has 3 rings (SSSR count). The fourth-order valence-electron chi connectivity index (χ4n) is 3.20. The van der Waals surface area contributed by atoms with Gasteiger partial charge in [-0.3, -0.25) is 0 Å². The predicted octanol–water partition coefficient (Wildman–Crippen LogP) is 2.21. The van der Waals surface area contributed by atoms with E-state index in [1.54, 1.807) is 6.07 Å². The second-order valence-electron chi connectivity index (χ2n) is 7.24. The number of nitrogens with one attached hydrogen (secondary N) is 1. The molecule has 13 heteroatoms. The van der Waals surface area contributed by atoms with Gasteiger partial charge in [0.25, 0.3) is 0 Å². The standard InChI is InChI=1S/C21H18ClF4N3O4S/c22-10-4-16(11(23)3-9(10)5-27)34-21-20(32)18(19(31)15(7-30)33-21)29-6-14(28)8-1-12(24)17(26)13(25)2-8/h1-4,6,15,18-21,29-32H,7,28H2/b14-6-/t15?,18?,19-,20?,21+/m0/s1. The van der Waals surface area contributed by atoms with Gasteiger partial charge in [-0.15, -0.1) is 0 Å². The number of ether oxygens (including phenoxy) is 1. The molecule has 6 N–H and O–H groups in total. The molecule has 0 radical (unpaired) electrons. The lowest BCUT2D eigenvalue weighted by atomic mass is 9.97. The van der Waals surface area contributed by atoms with E-state index < -0.39 is 59.7 Å². The van der Waals surface area contributed by atoms with Crippen molar-refractivity contribution in [2.24, 2.45) is 5.73 Å². The summed E-state index contributed by atoms with van der Waals surface area (Å²) in [6, 6.07) is 3.92. The highest BCUT2D eigenvalue weighted by molar-refractivity contribution is 7.99. The van der Waals surface area contributed by atoms with Crippen LogP contribution in [0.5, 0.6) is 0 Å². The van der Waals surface area contributed by atoms with Crippen LogP contribution in [0, 0.1) is 34.6 Å². The first-order valence-electron chi connectivity index (χ1n) is 9.62. The Morgan fingerprint density at radius 2 is 1.79 bits per heavy atom. The number of halogens is 5. The van der Waals surface area contributed by atoms with Crippen LogP contribution in [0.15, 0.2) is 35.4 Å². The summed E-state index contributed by atoms with van der Waals surface area (Å²) in [5.74, 6) is -5.39. The second kappa shape index (κ2) is 10.8. The van der Waals surface area contributed by atoms with E-state index in [1.807, 2.05) is 0 Å². The van der Waals surface area contributed by atoms with Gasteiger partial charge in [-0.25, -0.2) is 17.6 Å². The molecule has 0 amide bonds. The van der Waals surface area contributed by atoms with E-state index in [0.717, 1.165) is 12.3 Å². The van der Waals surface area contributed by atoms with Crippen molar-refractivity contribution in [3.63, 3.8) is 0 Å².